The Bertz CT molecular complexity index is 1530. The fraction of sp³-hybridized carbons (Fsp3) is 0.429. The van der Waals surface area contributed by atoms with Gasteiger partial charge in [0.25, 0.3) is 0 Å². The van der Waals surface area contributed by atoms with Crippen LogP contribution in [0.25, 0.3) is 27.5 Å². The number of fused-ring (bicyclic) bond motifs is 2. The van der Waals surface area contributed by atoms with Gasteiger partial charge in [-0.25, -0.2) is 18.0 Å². The summed E-state index contributed by atoms with van der Waals surface area (Å²) >= 11 is 0. The number of H-pyrrole nitrogens is 1. The van der Waals surface area contributed by atoms with E-state index >= 15 is 4.39 Å². The molecule has 1 saturated heterocycles. The van der Waals surface area contributed by atoms with Crippen LogP contribution in [0.3, 0.4) is 0 Å². The molecule has 2 aliphatic rings. The standard InChI is InChI=1S/C28H28F3N3O4/c1-37-28(27(35)36)8-4-15(5-9-28)22-23-21(12-17-14-32-33-25(17)24(23)31)34(18-2-3-19(29)20(30)13-18)26(22)16-6-10-38-11-7-16/h2-3,12-16H,4-11H2,1H3,(H,32,33)(H,35,36). The minimum absolute atomic E-state index is 0.0105. The number of carboxylic acid groups (broad SMARTS) is 1. The summed E-state index contributed by atoms with van der Waals surface area (Å²) in [5, 5.41) is 17.6. The zero-order valence-corrected chi connectivity index (χ0v) is 20.9. The number of methoxy groups -OCH3 is 1. The first kappa shape index (κ1) is 24.9. The van der Waals surface area contributed by atoms with Crippen LogP contribution in [0.2, 0.25) is 0 Å². The van der Waals surface area contributed by atoms with Gasteiger partial charge in [-0.2, -0.15) is 5.10 Å². The highest BCUT2D eigenvalue weighted by molar-refractivity contribution is 6.00. The Morgan fingerprint density at radius 3 is 2.50 bits per heavy atom. The van der Waals surface area contributed by atoms with Crippen molar-refractivity contribution < 1.29 is 32.5 Å². The van der Waals surface area contributed by atoms with E-state index in [0.717, 1.165) is 23.4 Å². The number of nitrogens with one attached hydrogen (secondary N) is 1. The van der Waals surface area contributed by atoms with E-state index in [1.54, 1.807) is 0 Å². The summed E-state index contributed by atoms with van der Waals surface area (Å²) in [6, 6.07) is 5.55. The molecule has 0 radical (unpaired) electrons. The van der Waals surface area contributed by atoms with E-state index in [-0.39, 0.29) is 30.2 Å². The Balaban J connectivity index is 1.64. The molecule has 4 aromatic rings. The lowest BCUT2D eigenvalue weighted by atomic mass is 9.74. The molecule has 0 amide bonds. The van der Waals surface area contributed by atoms with Gasteiger partial charge in [0.1, 0.15) is 5.52 Å². The molecule has 1 aliphatic heterocycles. The fourth-order valence-corrected chi connectivity index (χ4v) is 6.42. The molecule has 2 aromatic heterocycles. The van der Waals surface area contributed by atoms with Gasteiger partial charge in [0.2, 0.25) is 0 Å². The number of aromatic nitrogens is 3. The van der Waals surface area contributed by atoms with Crippen molar-refractivity contribution in [3.63, 3.8) is 0 Å². The lowest BCUT2D eigenvalue weighted by Crippen LogP contribution is -2.43. The third-order valence-electron chi connectivity index (χ3n) is 8.43. The molecule has 200 valence electrons. The molecule has 0 bridgehead atoms. The number of nitrogens with zero attached hydrogens (tertiary/aromatic N) is 2. The maximum absolute atomic E-state index is 16.3. The third-order valence-corrected chi connectivity index (χ3v) is 8.43. The summed E-state index contributed by atoms with van der Waals surface area (Å²) in [5.74, 6) is -3.57. The van der Waals surface area contributed by atoms with Gasteiger partial charge in [-0.15, -0.1) is 0 Å². The number of ether oxygens (including phenoxy) is 2. The molecule has 2 fully saturated rings. The maximum Gasteiger partial charge on any atom is 0.335 e. The smallest absolute Gasteiger partial charge is 0.335 e. The maximum atomic E-state index is 16.3. The molecule has 3 heterocycles. The third kappa shape index (κ3) is 3.80. The van der Waals surface area contributed by atoms with E-state index in [1.165, 1.54) is 19.4 Å². The highest BCUT2D eigenvalue weighted by Gasteiger charge is 2.44. The van der Waals surface area contributed by atoms with Crippen LogP contribution in [-0.2, 0) is 14.3 Å². The first-order valence-electron chi connectivity index (χ1n) is 12.9. The number of hydrogen-bond donors (Lipinski definition) is 2. The minimum Gasteiger partial charge on any atom is -0.479 e. The van der Waals surface area contributed by atoms with Crippen molar-refractivity contribution in [2.75, 3.05) is 20.3 Å². The van der Waals surface area contributed by atoms with E-state index in [1.807, 2.05) is 10.6 Å². The first-order chi connectivity index (χ1) is 18.3. The van der Waals surface area contributed by atoms with E-state index in [9.17, 15) is 18.7 Å². The van der Waals surface area contributed by atoms with Gasteiger partial charge in [0.05, 0.1) is 11.7 Å². The van der Waals surface area contributed by atoms with E-state index in [0.29, 0.717) is 60.9 Å². The van der Waals surface area contributed by atoms with Crippen LogP contribution in [-0.4, -0.2) is 51.8 Å². The number of benzene rings is 2. The molecular formula is C28H28F3N3O4. The second-order valence-corrected chi connectivity index (χ2v) is 10.3. The molecule has 6 rings (SSSR count). The first-order valence-corrected chi connectivity index (χ1v) is 12.9. The normalized spacial score (nSPS) is 22.9. The van der Waals surface area contributed by atoms with E-state index in [4.69, 9.17) is 9.47 Å². The van der Waals surface area contributed by atoms with Gasteiger partial charge in [-0.1, -0.05) is 0 Å². The topological polar surface area (TPSA) is 89.4 Å². The highest BCUT2D eigenvalue weighted by atomic mass is 19.2. The van der Waals surface area contributed by atoms with Crippen LogP contribution >= 0.6 is 0 Å². The molecule has 2 N–H and O–H groups in total. The summed E-state index contributed by atoms with van der Waals surface area (Å²) in [6.45, 7) is 1.07. The van der Waals surface area contributed by atoms with Crippen molar-refractivity contribution in [2.45, 2.75) is 56.0 Å². The summed E-state index contributed by atoms with van der Waals surface area (Å²) in [7, 11) is 1.41. The molecular weight excluding hydrogens is 499 g/mol. The van der Waals surface area contributed by atoms with Gasteiger partial charge in [-0.05, 0) is 68.2 Å². The molecule has 2 aromatic carbocycles. The van der Waals surface area contributed by atoms with Crippen molar-refractivity contribution in [3.05, 3.63) is 59.2 Å². The Labute approximate surface area is 216 Å². The second kappa shape index (κ2) is 9.43. The number of halogens is 3. The Morgan fingerprint density at radius 2 is 1.84 bits per heavy atom. The summed E-state index contributed by atoms with van der Waals surface area (Å²) in [5.41, 5.74) is 1.58. The number of rotatable bonds is 5. The number of aliphatic carboxylic acids is 1. The lowest BCUT2D eigenvalue weighted by Gasteiger charge is -2.36. The zero-order valence-electron chi connectivity index (χ0n) is 20.9. The van der Waals surface area contributed by atoms with Crippen LogP contribution in [0.15, 0.2) is 30.5 Å². The van der Waals surface area contributed by atoms with Crippen molar-refractivity contribution in [1.29, 1.82) is 0 Å². The molecule has 0 unspecified atom stereocenters. The van der Waals surface area contributed by atoms with Crippen molar-refractivity contribution in [1.82, 2.24) is 14.8 Å². The predicted molar refractivity (Wildman–Crippen MR) is 134 cm³/mol. The Kier molecular flexibility index (Phi) is 6.19. The van der Waals surface area contributed by atoms with E-state index in [2.05, 4.69) is 10.2 Å². The number of carbonyl (C=O) groups is 1. The monoisotopic (exact) mass is 527 g/mol. The number of carboxylic acids is 1. The molecule has 1 aliphatic carbocycles. The van der Waals surface area contributed by atoms with Crippen molar-refractivity contribution in [3.8, 4) is 5.69 Å². The van der Waals surface area contributed by atoms with Crippen LogP contribution in [0.1, 0.15) is 61.6 Å². The fourth-order valence-electron chi connectivity index (χ4n) is 6.42. The number of aromatic amines is 1. The van der Waals surface area contributed by atoms with Crippen LogP contribution in [0.5, 0.6) is 0 Å². The Hall–Kier alpha value is -3.37. The molecule has 38 heavy (non-hydrogen) atoms. The van der Waals surface area contributed by atoms with Gasteiger partial charge in [0.15, 0.2) is 23.1 Å². The Morgan fingerprint density at radius 1 is 1.11 bits per heavy atom. The molecule has 10 heteroatoms. The lowest BCUT2D eigenvalue weighted by molar-refractivity contribution is -0.166. The molecule has 0 atom stereocenters. The average molecular weight is 528 g/mol. The quantitative estimate of drug-likeness (QED) is 0.335. The van der Waals surface area contributed by atoms with Crippen molar-refractivity contribution in [2.24, 2.45) is 0 Å². The zero-order chi connectivity index (χ0) is 26.6. The van der Waals surface area contributed by atoms with Crippen molar-refractivity contribution >= 4 is 27.8 Å². The summed E-state index contributed by atoms with van der Waals surface area (Å²) in [6.07, 6.45) is 4.44. The van der Waals surface area contributed by atoms with Gasteiger partial charge in [-0.3, -0.25) is 5.10 Å². The SMILES string of the molecule is COC1(C(=O)O)CCC(c2c(C3CCOCC3)n(-c3ccc(F)c(F)c3)c3cc4cn[nH]c4c(F)c23)CC1. The largest absolute Gasteiger partial charge is 0.479 e. The van der Waals surface area contributed by atoms with Gasteiger partial charge >= 0.3 is 5.97 Å². The van der Waals surface area contributed by atoms with Crippen LogP contribution in [0.4, 0.5) is 13.2 Å². The average Bonchev–Trinajstić information content (AvgIpc) is 3.54. The van der Waals surface area contributed by atoms with Gasteiger partial charge in [0, 0.05) is 54.5 Å². The second-order valence-electron chi connectivity index (χ2n) is 10.3. The van der Waals surface area contributed by atoms with Crippen LogP contribution < -0.4 is 0 Å². The summed E-state index contributed by atoms with van der Waals surface area (Å²) in [4.78, 5) is 12.0. The minimum atomic E-state index is -1.27. The van der Waals surface area contributed by atoms with Gasteiger partial charge < -0.3 is 19.1 Å². The summed E-state index contributed by atoms with van der Waals surface area (Å²) < 4.78 is 57.7. The predicted octanol–water partition coefficient (Wildman–Crippen LogP) is 5.95. The molecule has 1 saturated carbocycles. The van der Waals surface area contributed by atoms with Crippen LogP contribution in [0, 0.1) is 17.5 Å². The molecule has 7 nitrogen and oxygen atoms in total. The van der Waals surface area contributed by atoms with E-state index < -0.39 is 29.0 Å². The highest BCUT2D eigenvalue weighted by Crippen LogP contribution is 2.49. The molecule has 0 spiro atoms. The number of hydrogen-bond acceptors (Lipinski definition) is 4.